The van der Waals surface area contributed by atoms with Gasteiger partial charge in [-0.25, -0.2) is 0 Å². The fraction of sp³-hybridized carbons (Fsp3) is 0.0714. The Morgan fingerprint density at radius 2 is 1.76 bits per heavy atom. The zero-order valence-corrected chi connectivity index (χ0v) is 12.2. The second kappa shape index (κ2) is 5.35. The number of halogens is 2. The maximum absolute atomic E-state index is 12.2. The number of nitrogens with two attached hydrogens (primary N) is 1. The predicted molar refractivity (Wildman–Crippen MR) is 81.4 cm³/mol. The Hall–Kier alpha value is -2.11. The maximum atomic E-state index is 12.2. The fourth-order valence-electron chi connectivity index (χ4n) is 1.94. The van der Waals surface area contributed by atoms with Gasteiger partial charge in [-0.2, -0.15) is 0 Å². The van der Waals surface area contributed by atoms with Crippen molar-refractivity contribution >= 4 is 40.5 Å². The number of nitrogen functional groups attached to an aromatic ring is 1. The highest BCUT2D eigenvalue weighted by Crippen LogP contribution is 2.35. The highest BCUT2D eigenvalue weighted by atomic mass is 35.5. The molecule has 0 unspecified atom stereocenters. The third-order valence-corrected chi connectivity index (χ3v) is 3.53. The third kappa shape index (κ3) is 2.70. The average molecular weight is 325 g/mol. The number of amides is 1. The van der Waals surface area contributed by atoms with Crippen LogP contribution in [0.3, 0.4) is 0 Å². The van der Waals surface area contributed by atoms with Crippen molar-refractivity contribution in [2.24, 2.45) is 0 Å². The van der Waals surface area contributed by atoms with Crippen LogP contribution in [0.4, 0.5) is 11.4 Å². The van der Waals surface area contributed by atoms with E-state index in [1.165, 1.54) is 12.1 Å². The van der Waals surface area contributed by atoms with Crippen molar-refractivity contribution in [2.75, 3.05) is 17.8 Å². The van der Waals surface area contributed by atoms with Crippen molar-refractivity contribution < 1.29 is 14.3 Å². The second-order valence-electron chi connectivity index (χ2n) is 4.38. The summed E-state index contributed by atoms with van der Waals surface area (Å²) in [6.45, 7) is 0.149. The molecule has 3 N–H and O–H groups in total. The minimum Gasteiger partial charge on any atom is -0.454 e. The summed E-state index contributed by atoms with van der Waals surface area (Å²) in [6, 6.07) is 7.92. The molecule has 0 saturated heterocycles. The van der Waals surface area contributed by atoms with Gasteiger partial charge in [-0.05, 0) is 30.3 Å². The van der Waals surface area contributed by atoms with E-state index in [2.05, 4.69) is 5.32 Å². The van der Waals surface area contributed by atoms with Gasteiger partial charge in [0.25, 0.3) is 5.91 Å². The van der Waals surface area contributed by atoms with Crippen molar-refractivity contribution in [1.82, 2.24) is 0 Å². The van der Waals surface area contributed by atoms with Crippen molar-refractivity contribution in [3.8, 4) is 11.5 Å². The summed E-state index contributed by atoms with van der Waals surface area (Å²) in [5.74, 6) is 0.772. The average Bonchev–Trinajstić information content (AvgIpc) is 2.89. The van der Waals surface area contributed by atoms with E-state index in [0.29, 0.717) is 28.4 Å². The van der Waals surface area contributed by atoms with Crippen LogP contribution in [0, 0.1) is 0 Å². The van der Waals surface area contributed by atoms with Crippen molar-refractivity contribution in [3.05, 3.63) is 45.9 Å². The van der Waals surface area contributed by atoms with Gasteiger partial charge in [0.05, 0.1) is 15.7 Å². The molecule has 0 fully saturated rings. The van der Waals surface area contributed by atoms with Gasteiger partial charge in [0.15, 0.2) is 11.5 Å². The molecule has 0 radical (unpaired) electrons. The van der Waals surface area contributed by atoms with Gasteiger partial charge in [0.1, 0.15) is 0 Å². The molecule has 0 spiro atoms. The quantitative estimate of drug-likeness (QED) is 0.828. The first-order valence-corrected chi connectivity index (χ1v) is 6.76. The fourth-order valence-corrected chi connectivity index (χ4v) is 2.53. The van der Waals surface area contributed by atoms with Gasteiger partial charge in [0, 0.05) is 11.3 Å². The molecule has 2 aromatic rings. The van der Waals surface area contributed by atoms with Gasteiger partial charge in [-0.15, -0.1) is 0 Å². The topological polar surface area (TPSA) is 73.6 Å². The molecule has 1 aliphatic heterocycles. The SMILES string of the molecule is Nc1cc(Cl)c(NC(=O)c2ccc3c(c2)OCO3)c(Cl)c1. The van der Waals surface area contributed by atoms with Crippen LogP contribution >= 0.6 is 23.2 Å². The summed E-state index contributed by atoms with van der Waals surface area (Å²) in [6.07, 6.45) is 0. The van der Waals surface area contributed by atoms with Gasteiger partial charge < -0.3 is 20.5 Å². The number of carbonyl (C=O) groups is 1. The van der Waals surface area contributed by atoms with Crippen molar-refractivity contribution in [1.29, 1.82) is 0 Å². The van der Waals surface area contributed by atoms with Crippen LogP contribution in [0.2, 0.25) is 10.0 Å². The Morgan fingerprint density at radius 1 is 1.10 bits per heavy atom. The molecule has 0 atom stereocenters. The molecule has 0 saturated carbocycles. The Labute approximate surface area is 130 Å². The largest absolute Gasteiger partial charge is 0.454 e. The van der Waals surface area contributed by atoms with E-state index < -0.39 is 0 Å². The number of rotatable bonds is 2. The molecule has 21 heavy (non-hydrogen) atoms. The van der Waals surface area contributed by atoms with Gasteiger partial charge in [-0.1, -0.05) is 23.2 Å². The van der Waals surface area contributed by atoms with Crippen LogP contribution in [-0.4, -0.2) is 12.7 Å². The molecule has 3 rings (SSSR count). The van der Waals surface area contributed by atoms with E-state index in [-0.39, 0.29) is 22.7 Å². The lowest BCUT2D eigenvalue weighted by atomic mass is 10.2. The molecule has 0 aliphatic carbocycles. The molecule has 1 heterocycles. The zero-order valence-electron chi connectivity index (χ0n) is 10.7. The Kier molecular flexibility index (Phi) is 3.53. The normalized spacial score (nSPS) is 12.3. The van der Waals surface area contributed by atoms with E-state index in [4.69, 9.17) is 38.4 Å². The van der Waals surface area contributed by atoms with E-state index >= 15 is 0 Å². The van der Waals surface area contributed by atoms with Gasteiger partial charge >= 0.3 is 0 Å². The first-order chi connectivity index (χ1) is 10.0. The number of fused-ring (bicyclic) bond motifs is 1. The number of hydrogen-bond donors (Lipinski definition) is 2. The molecule has 2 aromatic carbocycles. The molecular weight excluding hydrogens is 315 g/mol. The molecule has 5 nitrogen and oxygen atoms in total. The smallest absolute Gasteiger partial charge is 0.255 e. The second-order valence-corrected chi connectivity index (χ2v) is 5.20. The molecule has 0 bridgehead atoms. The number of ether oxygens (including phenoxy) is 2. The van der Waals surface area contributed by atoms with Gasteiger partial charge in [-0.3, -0.25) is 4.79 Å². The summed E-state index contributed by atoms with van der Waals surface area (Å²) >= 11 is 12.1. The minimum absolute atomic E-state index is 0.149. The zero-order chi connectivity index (χ0) is 15.0. The number of hydrogen-bond acceptors (Lipinski definition) is 4. The lowest BCUT2D eigenvalue weighted by Crippen LogP contribution is -2.12. The molecule has 108 valence electrons. The van der Waals surface area contributed by atoms with Crippen molar-refractivity contribution in [2.45, 2.75) is 0 Å². The summed E-state index contributed by atoms with van der Waals surface area (Å²) in [5, 5.41) is 3.20. The lowest BCUT2D eigenvalue weighted by molar-refractivity contribution is 0.102. The maximum Gasteiger partial charge on any atom is 0.255 e. The van der Waals surface area contributed by atoms with Crippen LogP contribution in [0.25, 0.3) is 0 Å². The molecule has 0 aromatic heterocycles. The molecular formula is C14H10Cl2N2O3. The Balaban J connectivity index is 1.87. The van der Waals surface area contributed by atoms with E-state index in [9.17, 15) is 4.79 Å². The summed E-state index contributed by atoms with van der Waals surface area (Å²) in [4.78, 5) is 12.2. The number of anilines is 2. The summed E-state index contributed by atoms with van der Waals surface area (Å²) < 4.78 is 10.4. The monoisotopic (exact) mass is 324 g/mol. The number of benzene rings is 2. The standard InChI is InChI=1S/C14H10Cl2N2O3/c15-9-4-8(17)5-10(16)13(9)18-14(19)7-1-2-11-12(3-7)21-6-20-11/h1-5H,6,17H2,(H,18,19). The third-order valence-electron chi connectivity index (χ3n) is 2.94. The predicted octanol–water partition coefficient (Wildman–Crippen LogP) is 3.56. The van der Waals surface area contributed by atoms with Crippen LogP contribution in [0.1, 0.15) is 10.4 Å². The summed E-state index contributed by atoms with van der Waals surface area (Å²) in [7, 11) is 0. The first-order valence-electron chi connectivity index (χ1n) is 6.00. The Morgan fingerprint density at radius 3 is 2.48 bits per heavy atom. The van der Waals surface area contributed by atoms with E-state index in [1.807, 2.05) is 0 Å². The number of carbonyl (C=O) groups excluding carboxylic acids is 1. The van der Waals surface area contributed by atoms with Crippen LogP contribution < -0.4 is 20.5 Å². The van der Waals surface area contributed by atoms with Crippen LogP contribution in [-0.2, 0) is 0 Å². The van der Waals surface area contributed by atoms with Crippen LogP contribution in [0.15, 0.2) is 30.3 Å². The van der Waals surface area contributed by atoms with Crippen LogP contribution in [0.5, 0.6) is 11.5 Å². The molecule has 7 heteroatoms. The van der Waals surface area contributed by atoms with Crippen molar-refractivity contribution in [3.63, 3.8) is 0 Å². The first kappa shape index (κ1) is 13.9. The number of nitrogens with one attached hydrogen (secondary N) is 1. The molecule has 1 aliphatic rings. The highest BCUT2D eigenvalue weighted by Gasteiger charge is 2.17. The lowest BCUT2D eigenvalue weighted by Gasteiger charge is -2.10. The minimum atomic E-state index is -0.359. The summed E-state index contributed by atoms with van der Waals surface area (Å²) in [5.41, 5.74) is 6.76. The Bertz CT molecular complexity index is 711. The van der Waals surface area contributed by atoms with Gasteiger partial charge in [0.2, 0.25) is 6.79 Å². The highest BCUT2D eigenvalue weighted by molar-refractivity contribution is 6.40. The van der Waals surface area contributed by atoms with E-state index in [1.54, 1.807) is 18.2 Å². The molecule has 1 amide bonds. The van der Waals surface area contributed by atoms with E-state index in [0.717, 1.165) is 0 Å².